The molecule has 0 aliphatic heterocycles. The van der Waals surface area contributed by atoms with Crippen molar-refractivity contribution in [2.75, 3.05) is 5.01 Å². The Kier molecular flexibility index (Phi) is 3.89. The highest BCUT2D eigenvalue weighted by Gasteiger charge is 2.23. The molecule has 1 amide bonds. The largest absolute Gasteiger partial charge is 0.442 e. The molecule has 1 aromatic carbocycles. The van der Waals surface area contributed by atoms with Crippen molar-refractivity contribution in [3.63, 3.8) is 0 Å². The van der Waals surface area contributed by atoms with Crippen molar-refractivity contribution >= 4 is 11.8 Å². The average Bonchev–Trinajstić information content (AvgIpc) is 2.25. The number of hydrogen-bond acceptors (Lipinski definition) is 4. The van der Waals surface area contributed by atoms with E-state index in [1.165, 1.54) is 6.07 Å². The van der Waals surface area contributed by atoms with Gasteiger partial charge in [-0.1, -0.05) is 0 Å². The van der Waals surface area contributed by atoms with E-state index in [4.69, 9.17) is 15.8 Å². The third-order valence-electron chi connectivity index (χ3n) is 1.93. The van der Waals surface area contributed by atoms with E-state index < -0.39 is 17.5 Å². The van der Waals surface area contributed by atoms with Gasteiger partial charge >= 0.3 is 6.09 Å². The van der Waals surface area contributed by atoms with Gasteiger partial charge in [0.2, 0.25) is 0 Å². The van der Waals surface area contributed by atoms with Crippen LogP contribution in [-0.2, 0) is 4.74 Å². The number of ether oxygens (including phenoxy) is 1. The topological polar surface area (TPSA) is 79.3 Å². The number of nitrogens with two attached hydrogens (primary N) is 1. The van der Waals surface area contributed by atoms with Crippen LogP contribution in [-0.4, -0.2) is 11.7 Å². The van der Waals surface area contributed by atoms with E-state index in [-0.39, 0.29) is 11.3 Å². The van der Waals surface area contributed by atoms with Crippen LogP contribution in [0.4, 0.5) is 14.9 Å². The third kappa shape index (κ3) is 3.43. The van der Waals surface area contributed by atoms with Gasteiger partial charge in [0.1, 0.15) is 17.5 Å². The molecule has 6 heteroatoms. The Morgan fingerprint density at radius 3 is 2.61 bits per heavy atom. The SMILES string of the molecule is CC(C)(C)OC(=O)N(N)c1cc(F)ccc1C#N. The number of halogens is 1. The molecule has 0 saturated heterocycles. The molecule has 0 aliphatic carbocycles. The van der Waals surface area contributed by atoms with E-state index in [1.54, 1.807) is 20.8 Å². The number of anilines is 1. The molecule has 0 heterocycles. The van der Waals surface area contributed by atoms with E-state index >= 15 is 0 Å². The molecular weight excluding hydrogens is 237 g/mol. The van der Waals surface area contributed by atoms with E-state index in [1.807, 2.05) is 6.07 Å². The minimum atomic E-state index is -0.857. The molecule has 5 nitrogen and oxygen atoms in total. The number of nitrogens with zero attached hydrogens (tertiary/aromatic N) is 2. The van der Waals surface area contributed by atoms with Gasteiger partial charge < -0.3 is 4.74 Å². The number of hydrogen-bond donors (Lipinski definition) is 1. The maximum absolute atomic E-state index is 13.1. The standard InChI is InChI=1S/C12H14FN3O2/c1-12(2,3)18-11(17)16(15)10-6-9(13)5-4-8(10)7-14/h4-6H,15H2,1-3H3. The molecule has 1 rings (SSSR count). The minimum absolute atomic E-state index is 0.0354. The quantitative estimate of drug-likeness (QED) is 0.472. The lowest BCUT2D eigenvalue weighted by Crippen LogP contribution is -2.42. The molecule has 1 aromatic rings. The Morgan fingerprint density at radius 2 is 2.11 bits per heavy atom. The average molecular weight is 251 g/mol. The number of carbonyl (C=O) groups is 1. The lowest BCUT2D eigenvalue weighted by Gasteiger charge is -2.24. The van der Waals surface area contributed by atoms with Crippen molar-refractivity contribution in [3.8, 4) is 6.07 Å². The summed E-state index contributed by atoms with van der Waals surface area (Å²) in [5.74, 6) is 4.94. The van der Waals surface area contributed by atoms with Crippen LogP contribution < -0.4 is 10.9 Å². The lowest BCUT2D eigenvalue weighted by atomic mass is 10.2. The Balaban J connectivity index is 3.04. The fourth-order valence-corrected chi connectivity index (χ4v) is 1.21. The van der Waals surface area contributed by atoms with Gasteiger partial charge in [-0.05, 0) is 32.9 Å². The zero-order valence-corrected chi connectivity index (χ0v) is 10.4. The van der Waals surface area contributed by atoms with Crippen molar-refractivity contribution in [3.05, 3.63) is 29.6 Å². The molecule has 0 saturated carbocycles. The molecule has 0 fully saturated rings. The van der Waals surface area contributed by atoms with Gasteiger partial charge in [-0.2, -0.15) is 5.26 Å². The van der Waals surface area contributed by atoms with Gasteiger partial charge in [-0.3, -0.25) is 0 Å². The van der Waals surface area contributed by atoms with Crippen molar-refractivity contribution < 1.29 is 13.9 Å². The van der Waals surface area contributed by atoms with Crippen molar-refractivity contribution in [2.45, 2.75) is 26.4 Å². The van der Waals surface area contributed by atoms with Gasteiger partial charge in [0, 0.05) is 6.07 Å². The van der Waals surface area contributed by atoms with Gasteiger partial charge in [-0.15, -0.1) is 0 Å². The summed E-state index contributed by atoms with van der Waals surface area (Å²) in [5.41, 5.74) is -0.675. The zero-order valence-electron chi connectivity index (χ0n) is 10.4. The number of hydrazine groups is 1. The summed E-state index contributed by atoms with van der Waals surface area (Å²) in [4.78, 5) is 11.7. The first-order valence-electron chi connectivity index (χ1n) is 5.22. The molecule has 0 radical (unpaired) electrons. The third-order valence-corrected chi connectivity index (χ3v) is 1.93. The summed E-state index contributed by atoms with van der Waals surface area (Å²) in [6.07, 6.45) is -0.857. The molecule has 0 spiro atoms. The zero-order chi connectivity index (χ0) is 13.9. The highest BCUT2D eigenvalue weighted by atomic mass is 19.1. The molecular formula is C12H14FN3O2. The van der Waals surface area contributed by atoms with Crippen LogP contribution in [0.5, 0.6) is 0 Å². The number of benzene rings is 1. The maximum atomic E-state index is 13.1. The molecule has 0 unspecified atom stereocenters. The Labute approximate surface area is 105 Å². The predicted octanol–water partition coefficient (Wildman–Crippen LogP) is 2.31. The highest BCUT2D eigenvalue weighted by molar-refractivity contribution is 5.88. The molecule has 0 aromatic heterocycles. The summed E-state index contributed by atoms with van der Waals surface area (Å²) in [6.45, 7) is 5.03. The van der Waals surface area contributed by atoms with Crippen molar-refractivity contribution in [1.82, 2.24) is 0 Å². The molecule has 2 N–H and O–H groups in total. The van der Waals surface area contributed by atoms with Gasteiger partial charge in [0.15, 0.2) is 0 Å². The number of nitriles is 1. The van der Waals surface area contributed by atoms with Gasteiger partial charge in [0.25, 0.3) is 0 Å². The van der Waals surface area contributed by atoms with Crippen LogP contribution in [0.2, 0.25) is 0 Å². The Bertz CT molecular complexity index is 503. The van der Waals surface area contributed by atoms with Gasteiger partial charge in [0.05, 0.1) is 11.3 Å². The fraction of sp³-hybridized carbons (Fsp3) is 0.333. The maximum Gasteiger partial charge on any atom is 0.429 e. The summed E-state index contributed by atoms with van der Waals surface area (Å²) in [5, 5.41) is 9.48. The molecule has 18 heavy (non-hydrogen) atoms. The summed E-state index contributed by atoms with van der Waals surface area (Å²) < 4.78 is 18.1. The first-order valence-corrected chi connectivity index (χ1v) is 5.22. The van der Waals surface area contributed by atoms with Crippen molar-refractivity contribution in [1.29, 1.82) is 5.26 Å². The lowest BCUT2D eigenvalue weighted by molar-refractivity contribution is 0.0580. The second kappa shape index (κ2) is 5.02. The smallest absolute Gasteiger partial charge is 0.429 e. The van der Waals surface area contributed by atoms with Crippen LogP contribution >= 0.6 is 0 Å². The van der Waals surface area contributed by atoms with Crippen LogP contribution in [0.3, 0.4) is 0 Å². The van der Waals surface area contributed by atoms with Crippen LogP contribution in [0.15, 0.2) is 18.2 Å². The van der Waals surface area contributed by atoms with Crippen LogP contribution in [0.1, 0.15) is 26.3 Å². The van der Waals surface area contributed by atoms with Crippen molar-refractivity contribution in [2.24, 2.45) is 5.84 Å². The summed E-state index contributed by atoms with van der Waals surface area (Å²) in [6, 6.07) is 5.19. The van der Waals surface area contributed by atoms with E-state index in [0.29, 0.717) is 5.01 Å². The molecule has 0 bridgehead atoms. The first-order chi connectivity index (χ1) is 8.24. The van der Waals surface area contributed by atoms with Crippen LogP contribution in [0, 0.1) is 17.1 Å². The number of carbonyl (C=O) groups excluding carboxylic acids is 1. The van der Waals surface area contributed by atoms with E-state index in [9.17, 15) is 9.18 Å². The first kappa shape index (κ1) is 13.9. The number of amides is 1. The van der Waals surface area contributed by atoms with Crippen LogP contribution in [0.25, 0.3) is 0 Å². The molecule has 0 atom stereocenters. The normalized spacial score (nSPS) is 10.7. The molecule has 96 valence electrons. The predicted molar refractivity (Wildman–Crippen MR) is 64.0 cm³/mol. The molecule has 0 aliphatic rings. The second-order valence-electron chi connectivity index (χ2n) is 4.62. The monoisotopic (exact) mass is 251 g/mol. The summed E-state index contributed by atoms with van der Waals surface area (Å²) in [7, 11) is 0. The van der Waals surface area contributed by atoms with E-state index in [0.717, 1.165) is 12.1 Å². The minimum Gasteiger partial charge on any atom is -0.442 e. The van der Waals surface area contributed by atoms with E-state index in [2.05, 4.69) is 0 Å². The second-order valence-corrected chi connectivity index (χ2v) is 4.62. The highest BCUT2D eigenvalue weighted by Crippen LogP contribution is 2.21. The fourth-order valence-electron chi connectivity index (χ4n) is 1.21. The number of rotatable bonds is 1. The Morgan fingerprint density at radius 1 is 1.50 bits per heavy atom. The summed E-state index contributed by atoms with van der Waals surface area (Å²) >= 11 is 0. The Hall–Kier alpha value is -2.13. The van der Waals surface area contributed by atoms with Gasteiger partial charge in [-0.25, -0.2) is 20.0 Å².